The normalized spacial score (nSPS) is 10.2. The lowest BCUT2D eigenvalue weighted by Crippen LogP contribution is -2.34. The Morgan fingerprint density at radius 2 is 1.71 bits per heavy atom. The Balaban J connectivity index is 1.74. The molecule has 1 heterocycles. The lowest BCUT2D eigenvalue weighted by molar-refractivity contribution is 0.134. The van der Waals surface area contributed by atoms with E-state index >= 15 is 0 Å². The molecular formula is C18H23N3O3. The van der Waals surface area contributed by atoms with Crippen LogP contribution in [-0.2, 0) is 24.4 Å². The van der Waals surface area contributed by atoms with Crippen LogP contribution >= 0.6 is 0 Å². The molecule has 0 saturated heterocycles. The number of pyridine rings is 1. The van der Waals surface area contributed by atoms with Crippen LogP contribution < -0.4 is 15.4 Å². The number of urea groups is 1. The van der Waals surface area contributed by atoms with Crippen molar-refractivity contribution in [3.05, 3.63) is 59.3 Å². The third-order valence-electron chi connectivity index (χ3n) is 3.41. The molecule has 0 aliphatic rings. The van der Waals surface area contributed by atoms with E-state index in [0.717, 1.165) is 16.7 Å². The maximum absolute atomic E-state index is 11.9. The summed E-state index contributed by atoms with van der Waals surface area (Å²) >= 11 is 0. The van der Waals surface area contributed by atoms with Crippen LogP contribution in [0.3, 0.4) is 0 Å². The van der Waals surface area contributed by atoms with Gasteiger partial charge in [-0.05, 0) is 29.7 Å². The van der Waals surface area contributed by atoms with Crippen molar-refractivity contribution < 1.29 is 14.3 Å². The number of carbonyl (C=O) groups excluding carboxylic acids is 1. The number of carbonyl (C=O) groups is 1. The summed E-state index contributed by atoms with van der Waals surface area (Å²) in [4.78, 5) is 15.9. The second-order valence-electron chi connectivity index (χ2n) is 5.20. The summed E-state index contributed by atoms with van der Waals surface area (Å²) in [7, 11) is 1.56. The highest BCUT2D eigenvalue weighted by molar-refractivity contribution is 5.73. The van der Waals surface area contributed by atoms with Crippen LogP contribution in [0.25, 0.3) is 0 Å². The number of hydrogen-bond acceptors (Lipinski definition) is 4. The van der Waals surface area contributed by atoms with Crippen molar-refractivity contribution in [2.75, 3.05) is 13.7 Å². The number of ether oxygens (including phenoxy) is 2. The van der Waals surface area contributed by atoms with E-state index in [1.807, 2.05) is 37.3 Å². The zero-order valence-corrected chi connectivity index (χ0v) is 14.0. The van der Waals surface area contributed by atoms with E-state index in [9.17, 15) is 4.79 Å². The van der Waals surface area contributed by atoms with E-state index in [2.05, 4.69) is 15.6 Å². The molecule has 0 fully saturated rings. The number of rotatable bonds is 8. The minimum absolute atomic E-state index is 0.218. The molecule has 0 unspecified atom stereocenters. The van der Waals surface area contributed by atoms with Gasteiger partial charge in [-0.2, -0.15) is 0 Å². The fourth-order valence-electron chi connectivity index (χ4n) is 2.07. The molecule has 2 N–H and O–H groups in total. The summed E-state index contributed by atoms with van der Waals surface area (Å²) < 4.78 is 10.4. The second kappa shape index (κ2) is 9.52. The zero-order chi connectivity index (χ0) is 17.2. The van der Waals surface area contributed by atoms with Crippen molar-refractivity contribution in [3.8, 4) is 5.88 Å². The lowest BCUT2D eigenvalue weighted by atomic mass is 10.1. The Hall–Kier alpha value is -2.60. The molecule has 0 radical (unpaired) electrons. The van der Waals surface area contributed by atoms with E-state index in [4.69, 9.17) is 9.47 Å². The molecule has 1 aromatic heterocycles. The van der Waals surface area contributed by atoms with Crippen molar-refractivity contribution >= 4 is 6.03 Å². The van der Waals surface area contributed by atoms with Gasteiger partial charge >= 0.3 is 6.03 Å². The quantitative estimate of drug-likeness (QED) is 0.781. The minimum Gasteiger partial charge on any atom is -0.481 e. The molecule has 6 heteroatoms. The number of amides is 2. The molecule has 0 aliphatic carbocycles. The Bertz CT molecular complexity index is 644. The van der Waals surface area contributed by atoms with Crippen molar-refractivity contribution in [2.45, 2.75) is 26.6 Å². The molecule has 6 nitrogen and oxygen atoms in total. The third kappa shape index (κ3) is 5.89. The van der Waals surface area contributed by atoms with E-state index in [1.54, 1.807) is 19.4 Å². The maximum Gasteiger partial charge on any atom is 0.315 e. The van der Waals surface area contributed by atoms with Crippen LogP contribution in [0.4, 0.5) is 4.79 Å². The van der Waals surface area contributed by atoms with Gasteiger partial charge in [0.05, 0.1) is 13.7 Å². The van der Waals surface area contributed by atoms with E-state index in [1.165, 1.54) is 0 Å². The number of nitrogens with zero attached hydrogens (tertiary/aromatic N) is 1. The molecule has 0 atom stereocenters. The molecule has 2 amide bonds. The number of methoxy groups -OCH3 is 1. The average Bonchev–Trinajstić information content (AvgIpc) is 2.64. The second-order valence-corrected chi connectivity index (χ2v) is 5.20. The first-order chi connectivity index (χ1) is 11.7. The Labute approximate surface area is 142 Å². The van der Waals surface area contributed by atoms with Gasteiger partial charge in [-0.15, -0.1) is 0 Å². The number of hydrogen-bond donors (Lipinski definition) is 2. The van der Waals surface area contributed by atoms with E-state index in [0.29, 0.717) is 32.2 Å². The van der Waals surface area contributed by atoms with Crippen molar-refractivity contribution in [1.29, 1.82) is 0 Å². The molecule has 0 saturated carbocycles. The Morgan fingerprint density at radius 3 is 2.38 bits per heavy atom. The largest absolute Gasteiger partial charge is 0.481 e. The average molecular weight is 329 g/mol. The van der Waals surface area contributed by atoms with Crippen LogP contribution in [0.5, 0.6) is 5.88 Å². The lowest BCUT2D eigenvalue weighted by Gasteiger charge is -2.09. The van der Waals surface area contributed by atoms with Crippen LogP contribution in [0.2, 0.25) is 0 Å². The molecule has 1 aromatic carbocycles. The van der Waals surface area contributed by atoms with Crippen molar-refractivity contribution in [2.24, 2.45) is 0 Å². The summed E-state index contributed by atoms with van der Waals surface area (Å²) in [6.45, 7) is 4.17. The SMILES string of the molecule is CCOCc1ccc(CNC(=O)NCc2ccnc(OC)c2)cc1. The summed E-state index contributed by atoms with van der Waals surface area (Å²) in [5.74, 6) is 0.529. The first-order valence-electron chi connectivity index (χ1n) is 7.87. The monoisotopic (exact) mass is 329 g/mol. The van der Waals surface area contributed by atoms with Crippen molar-refractivity contribution in [1.82, 2.24) is 15.6 Å². The van der Waals surface area contributed by atoms with Gasteiger partial charge in [0.15, 0.2) is 0 Å². The highest BCUT2D eigenvalue weighted by atomic mass is 16.5. The molecular weight excluding hydrogens is 306 g/mol. The number of aromatic nitrogens is 1. The smallest absolute Gasteiger partial charge is 0.315 e. The minimum atomic E-state index is -0.218. The Kier molecular flexibility index (Phi) is 7.04. The fraction of sp³-hybridized carbons (Fsp3) is 0.333. The molecule has 0 bridgehead atoms. The molecule has 128 valence electrons. The molecule has 2 rings (SSSR count). The third-order valence-corrected chi connectivity index (χ3v) is 3.41. The van der Waals surface area contributed by atoms with Crippen LogP contribution in [0, 0.1) is 0 Å². The van der Waals surface area contributed by atoms with Gasteiger partial charge in [0.1, 0.15) is 0 Å². The van der Waals surface area contributed by atoms with Crippen LogP contribution in [0.15, 0.2) is 42.6 Å². The van der Waals surface area contributed by atoms with E-state index < -0.39 is 0 Å². The summed E-state index contributed by atoms with van der Waals surface area (Å²) in [5, 5.41) is 5.64. The summed E-state index contributed by atoms with van der Waals surface area (Å²) in [5.41, 5.74) is 3.09. The maximum atomic E-state index is 11.9. The van der Waals surface area contributed by atoms with Gasteiger partial charge in [-0.3, -0.25) is 0 Å². The first kappa shape index (κ1) is 17.7. The Morgan fingerprint density at radius 1 is 1.04 bits per heavy atom. The predicted octanol–water partition coefficient (Wildman–Crippen LogP) is 2.63. The van der Waals surface area contributed by atoms with E-state index in [-0.39, 0.29) is 6.03 Å². The van der Waals surface area contributed by atoms with Gasteiger partial charge in [-0.1, -0.05) is 24.3 Å². The molecule has 24 heavy (non-hydrogen) atoms. The van der Waals surface area contributed by atoms with Crippen molar-refractivity contribution in [3.63, 3.8) is 0 Å². The molecule has 0 spiro atoms. The number of benzene rings is 1. The zero-order valence-electron chi connectivity index (χ0n) is 14.0. The topological polar surface area (TPSA) is 72.5 Å². The molecule has 0 aliphatic heterocycles. The first-order valence-corrected chi connectivity index (χ1v) is 7.87. The van der Waals surface area contributed by atoms with Gasteiger partial charge in [-0.25, -0.2) is 9.78 Å². The standard InChI is InChI=1S/C18H23N3O3/c1-3-24-13-15-6-4-14(5-7-15)11-20-18(22)21-12-16-8-9-19-17(10-16)23-2/h4-10H,3,11-13H2,1-2H3,(H2,20,21,22). The van der Waals surface area contributed by atoms with Gasteiger partial charge in [0, 0.05) is 32.0 Å². The van der Waals surface area contributed by atoms with Gasteiger partial charge < -0.3 is 20.1 Å². The predicted molar refractivity (Wildman–Crippen MR) is 91.6 cm³/mol. The fourth-order valence-corrected chi connectivity index (χ4v) is 2.07. The number of nitrogens with one attached hydrogen (secondary N) is 2. The molecule has 2 aromatic rings. The highest BCUT2D eigenvalue weighted by Crippen LogP contribution is 2.08. The van der Waals surface area contributed by atoms with Crippen LogP contribution in [0.1, 0.15) is 23.6 Å². The summed E-state index contributed by atoms with van der Waals surface area (Å²) in [6, 6.07) is 11.4. The van der Waals surface area contributed by atoms with Gasteiger partial charge in [0.2, 0.25) is 5.88 Å². The van der Waals surface area contributed by atoms with Gasteiger partial charge in [0.25, 0.3) is 0 Å². The summed E-state index contributed by atoms with van der Waals surface area (Å²) in [6.07, 6.45) is 1.65. The highest BCUT2D eigenvalue weighted by Gasteiger charge is 2.02. The van der Waals surface area contributed by atoms with Crippen LogP contribution in [-0.4, -0.2) is 24.7 Å².